The summed E-state index contributed by atoms with van der Waals surface area (Å²) in [6.45, 7) is 0. The first-order chi connectivity index (χ1) is 10.3. The van der Waals surface area contributed by atoms with Gasteiger partial charge in [0.15, 0.2) is 0 Å². The van der Waals surface area contributed by atoms with Crippen molar-refractivity contribution < 1.29 is 0 Å². The summed E-state index contributed by atoms with van der Waals surface area (Å²) < 4.78 is 0. The van der Waals surface area contributed by atoms with Crippen molar-refractivity contribution >= 4 is 27.5 Å². The van der Waals surface area contributed by atoms with Crippen LogP contribution in [0.5, 0.6) is 0 Å². The molecule has 1 aromatic heterocycles. The Kier molecular flexibility index (Phi) is 2.57. The Morgan fingerprint density at radius 1 is 0.619 bits per heavy atom. The quantitative estimate of drug-likeness (QED) is 0.420. The van der Waals surface area contributed by atoms with Gasteiger partial charge in [0.25, 0.3) is 0 Å². The van der Waals surface area contributed by atoms with Crippen LogP contribution >= 0.6 is 0 Å². The zero-order valence-corrected chi connectivity index (χ0v) is 11.3. The maximum atomic E-state index is 5.75. The molecule has 0 aliphatic heterocycles. The van der Waals surface area contributed by atoms with Crippen LogP contribution in [-0.4, -0.2) is 10.2 Å². The minimum absolute atomic E-state index is 0.774. The summed E-state index contributed by atoms with van der Waals surface area (Å²) in [5.41, 5.74) is 10.7. The zero-order valence-electron chi connectivity index (χ0n) is 11.3. The number of hydrogen-bond acceptors (Lipinski definition) is 3. The van der Waals surface area contributed by atoms with E-state index in [1.54, 1.807) is 0 Å². The van der Waals surface area contributed by atoms with Gasteiger partial charge in [-0.3, -0.25) is 0 Å². The second-order valence-corrected chi connectivity index (χ2v) is 5.07. The van der Waals surface area contributed by atoms with Crippen molar-refractivity contribution in [3.63, 3.8) is 0 Å². The molecule has 0 radical (unpaired) electrons. The van der Waals surface area contributed by atoms with Gasteiger partial charge in [-0.2, -0.15) is 0 Å². The van der Waals surface area contributed by atoms with E-state index in [4.69, 9.17) is 5.73 Å². The molecule has 0 aliphatic carbocycles. The highest BCUT2D eigenvalue weighted by Gasteiger charge is 2.05. The van der Waals surface area contributed by atoms with Gasteiger partial charge in [-0.1, -0.05) is 36.4 Å². The van der Waals surface area contributed by atoms with Crippen molar-refractivity contribution in [2.75, 3.05) is 5.73 Å². The van der Waals surface area contributed by atoms with Crippen LogP contribution in [0.3, 0.4) is 0 Å². The van der Waals surface area contributed by atoms with Crippen LogP contribution in [-0.2, 0) is 0 Å². The Morgan fingerprint density at radius 3 is 2.10 bits per heavy atom. The van der Waals surface area contributed by atoms with Gasteiger partial charge in [0.2, 0.25) is 0 Å². The molecule has 0 aliphatic rings. The Labute approximate surface area is 122 Å². The molecule has 0 bridgehead atoms. The van der Waals surface area contributed by atoms with Crippen molar-refractivity contribution in [3.8, 4) is 11.1 Å². The monoisotopic (exact) mass is 271 g/mol. The molecule has 3 heteroatoms. The number of aromatic nitrogens is 2. The highest BCUT2D eigenvalue weighted by molar-refractivity contribution is 6.04. The Hall–Kier alpha value is -2.94. The molecule has 0 atom stereocenters. The fourth-order valence-electron chi connectivity index (χ4n) is 2.59. The molecule has 0 unspecified atom stereocenters. The molecule has 0 spiro atoms. The zero-order chi connectivity index (χ0) is 14.2. The minimum atomic E-state index is 0.774. The molecule has 3 nitrogen and oxygen atoms in total. The number of nitrogen functional groups attached to an aromatic ring is 1. The minimum Gasteiger partial charge on any atom is -0.399 e. The number of rotatable bonds is 1. The SMILES string of the molecule is Nc1ccc(-c2ccc3nnc4ccccc4c3c2)cc1. The fourth-order valence-corrected chi connectivity index (χ4v) is 2.59. The first-order valence-electron chi connectivity index (χ1n) is 6.82. The summed E-state index contributed by atoms with van der Waals surface area (Å²) in [6.07, 6.45) is 0. The lowest BCUT2D eigenvalue weighted by Gasteiger charge is -2.06. The lowest BCUT2D eigenvalue weighted by atomic mass is 10.0. The molecule has 0 amide bonds. The maximum Gasteiger partial charge on any atom is 0.0936 e. The molecular weight excluding hydrogens is 258 g/mol. The lowest BCUT2D eigenvalue weighted by Crippen LogP contribution is -1.88. The van der Waals surface area contributed by atoms with Crippen LogP contribution < -0.4 is 5.73 Å². The van der Waals surface area contributed by atoms with Gasteiger partial charge in [0, 0.05) is 16.5 Å². The fraction of sp³-hybridized carbons (Fsp3) is 0. The molecule has 0 fully saturated rings. The average Bonchev–Trinajstić information content (AvgIpc) is 2.55. The average molecular weight is 271 g/mol. The number of benzene rings is 3. The summed E-state index contributed by atoms with van der Waals surface area (Å²) in [7, 11) is 0. The Morgan fingerprint density at radius 2 is 1.29 bits per heavy atom. The molecule has 21 heavy (non-hydrogen) atoms. The van der Waals surface area contributed by atoms with Gasteiger partial charge < -0.3 is 5.73 Å². The summed E-state index contributed by atoms with van der Waals surface area (Å²) >= 11 is 0. The molecule has 2 N–H and O–H groups in total. The van der Waals surface area contributed by atoms with Gasteiger partial charge in [-0.05, 0) is 41.5 Å². The number of fused-ring (bicyclic) bond motifs is 3. The van der Waals surface area contributed by atoms with E-state index in [0.29, 0.717) is 0 Å². The predicted molar refractivity (Wildman–Crippen MR) is 86.9 cm³/mol. The Bertz CT molecular complexity index is 943. The molecule has 0 saturated carbocycles. The van der Waals surface area contributed by atoms with E-state index >= 15 is 0 Å². The van der Waals surface area contributed by atoms with Crippen LogP contribution in [0.2, 0.25) is 0 Å². The van der Waals surface area contributed by atoms with Crippen molar-refractivity contribution in [1.82, 2.24) is 10.2 Å². The van der Waals surface area contributed by atoms with Crippen molar-refractivity contribution in [3.05, 3.63) is 66.7 Å². The van der Waals surface area contributed by atoms with E-state index in [0.717, 1.165) is 38.6 Å². The molecule has 3 aromatic carbocycles. The number of nitrogens with two attached hydrogens (primary N) is 1. The molecule has 100 valence electrons. The summed E-state index contributed by atoms with van der Waals surface area (Å²) in [4.78, 5) is 0. The van der Waals surface area contributed by atoms with Crippen LogP contribution in [0.15, 0.2) is 66.7 Å². The van der Waals surface area contributed by atoms with Crippen molar-refractivity contribution in [2.24, 2.45) is 0 Å². The first-order valence-corrected chi connectivity index (χ1v) is 6.82. The van der Waals surface area contributed by atoms with E-state index in [2.05, 4.69) is 28.4 Å². The molecule has 0 saturated heterocycles. The van der Waals surface area contributed by atoms with E-state index in [1.165, 1.54) is 0 Å². The first kappa shape index (κ1) is 11.9. The highest BCUT2D eigenvalue weighted by atomic mass is 15.1. The van der Waals surface area contributed by atoms with Crippen molar-refractivity contribution in [1.29, 1.82) is 0 Å². The molecule has 4 aromatic rings. The third kappa shape index (κ3) is 1.99. The normalized spacial score (nSPS) is 11.0. The number of anilines is 1. The van der Waals surface area contributed by atoms with Gasteiger partial charge in [0.05, 0.1) is 11.0 Å². The lowest BCUT2D eigenvalue weighted by molar-refractivity contribution is 1.12. The molecule has 4 rings (SSSR count). The van der Waals surface area contributed by atoms with E-state index in [9.17, 15) is 0 Å². The molecular formula is C18H13N3. The van der Waals surface area contributed by atoms with Crippen LogP contribution in [0.4, 0.5) is 5.69 Å². The van der Waals surface area contributed by atoms with E-state index < -0.39 is 0 Å². The largest absolute Gasteiger partial charge is 0.399 e. The van der Waals surface area contributed by atoms with Gasteiger partial charge in [-0.25, -0.2) is 0 Å². The molecule has 1 heterocycles. The summed E-state index contributed by atoms with van der Waals surface area (Å²) in [5.74, 6) is 0. The van der Waals surface area contributed by atoms with E-state index in [1.807, 2.05) is 48.5 Å². The van der Waals surface area contributed by atoms with Gasteiger partial charge in [-0.15, -0.1) is 10.2 Å². The summed E-state index contributed by atoms with van der Waals surface area (Å²) in [6, 6.07) is 22.2. The second kappa shape index (κ2) is 4.56. The van der Waals surface area contributed by atoms with Crippen molar-refractivity contribution in [2.45, 2.75) is 0 Å². The second-order valence-electron chi connectivity index (χ2n) is 5.07. The Balaban J connectivity index is 2.00. The summed E-state index contributed by atoms with van der Waals surface area (Å²) in [5, 5.41) is 10.8. The van der Waals surface area contributed by atoms with Gasteiger partial charge in [0.1, 0.15) is 0 Å². The topological polar surface area (TPSA) is 51.8 Å². The van der Waals surface area contributed by atoms with Gasteiger partial charge >= 0.3 is 0 Å². The number of nitrogens with zero attached hydrogens (tertiary/aromatic N) is 2. The predicted octanol–water partition coefficient (Wildman–Crippen LogP) is 4.03. The third-order valence-electron chi connectivity index (χ3n) is 3.70. The van der Waals surface area contributed by atoms with E-state index in [-0.39, 0.29) is 0 Å². The smallest absolute Gasteiger partial charge is 0.0936 e. The van der Waals surface area contributed by atoms with Crippen LogP contribution in [0, 0.1) is 0 Å². The maximum absolute atomic E-state index is 5.75. The standard InChI is InChI=1S/C18H13N3/c19-14-8-5-12(6-9-14)13-7-10-18-16(11-13)15-3-1-2-4-17(15)20-21-18/h1-11H,19H2. The van der Waals surface area contributed by atoms with Crippen LogP contribution in [0.1, 0.15) is 0 Å². The van der Waals surface area contributed by atoms with Crippen LogP contribution in [0.25, 0.3) is 32.9 Å². The number of hydrogen-bond donors (Lipinski definition) is 1. The highest BCUT2D eigenvalue weighted by Crippen LogP contribution is 2.28. The third-order valence-corrected chi connectivity index (χ3v) is 3.70.